The van der Waals surface area contributed by atoms with Crippen LogP contribution in [-0.2, 0) is 17.6 Å². The Hall–Kier alpha value is -1.69. The van der Waals surface area contributed by atoms with E-state index in [-0.39, 0.29) is 11.8 Å². The van der Waals surface area contributed by atoms with Crippen LogP contribution in [0.5, 0.6) is 0 Å². The van der Waals surface area contributed by atoms with Crippen LogP contribution < -0.4 is 4.90 Å². The number of carbonyl (C=O) groups is 1. The molecule has 134 valence electrons. The fourth-order valence-electron chi connectivity index (χ4n) is 4.21. The molecule has 1 fully saturated rings. The standard InChI is InChI=1S/C19H26N4OS/c1-12-20-17(23-10-6-7-13(11-23)19(24)22(2)3)16-14-8-4-5-9-15(14)25-18(16)21-12/h13H,4-11H2,1-3H3. The molecule has 1 amide bonds. The Morgan fingerprint density at radius 1 is 1.20 bits per heavy atom. The van der Waals surface area contributed by atoms with Crippen molar-refractivity contribution in [2.24, 2.45) is 5.92 Å². The largest absolute Gasteiger partial charge is 0.355 e. The quantitative estimate of drug-likeness (QED) is 0.827. The lowest BCUT2D eigenvalue weighted by Crippen LogP contribution is -2.43. The Balaban J connectivity index is 1.75. The fraction of sp³-hybridized carbons (Fsp3) is 0.632. The van der Waals surface area contributed by atoms with E-state index in [1.165, 1.54) is 35.1 Å². The van der Waals surface area contributed by atoms with Gasteiger partial charge in [-0.2, -0.15) is 0 Å². The molecule has 4 rings (SSSR count). The average molecular weight is 359 g/mol. The number of hydrogen-bond donors (Lipinski definition) is 0. The maximum atomic E-state index is 12.5. The molecule has 0 bridgehead atoms. The summed E-state index contributed by atoms with van der Waals surface area (Å²) in [5.74, 6) is 2.21. The van der Waals surface area contributed by atoms with E-state index in [2.05, 4.69) is 4.90 Å². The van der Waals surface area contributed by atoms with Crippen molar-refractivity contribution in [1.29, 1.82) is 0 Å². The molecular formula is C19H26N4OS. The molecule has 1 aliphatic heterocycles. The van der Waals surface area contributed by atoms with E-state index < -0.39 is 0 Å². The lowest BCUT2D eigenvalue weighted by Gasteiger charge is -2.34. The molecule has 5 nitrogen and oxygen atoms in total. The Morgan fingerprint density at radius 2 is 2.00 bits per heavy atom. The minimum atomic E-state index is 0.0727. The predicted molar refractivity (Wildman–Crippen MR) is 102 cm³/mol. The van der Waals surface area contributed by atoms with Gasteiger partial charge in [-0.25, -0.2) is 9.97 Å². The summed E-state index contributed by atoms with van der Waals surface area (Å²) in [4.78, 5) is 28.7. The number of anilines is 1. The first kappa shape index (κ1) is 16.8. The van der Waals surface area contributed by atoms with Gasteiger partial charge in [-0.1, -0.05) is 0 Å². The van der Waals surface area contributed by atoms with Crippen molar-refractivity contribution in [2.45, 2.75) is 45.4 Å². The molecule has 1 atom stereocenters. The second-order valence-electron chi connectivity index (χ2n) is 7.50. The number of nitrogens with zero attached hydrogens (tertiary/aromatic N) is 4. The van der Waals surface area contributed by atoms with Gasteiger partial charge in [0.1, 0.15) is 16.5 Å². The summed E-state index contributed by atoms with van der Waals surface area (Å²) in [7, 11) is 3.70. The number of rotatable bonds is 2. The van der Waals surface area contributed by atoms with Gasteiger partial charge in [0, 0.05) is 32.1 Å². The molecule has 2 aliphatic rings. The van der Waals surface area contributed by atoms with Gasteiger partial charge in [0.15, 0.2) is 0 Å². The molecule has 0 aromatic carbocycles. The minimum Gasteiger partial charge on any atom is -0.355 e. The Morgan fingerprint density at radius 3 is 2.80 bits per heavy atom. The van der Waals surface area contributed by atoms with Crippen LogP contribution in [0.1, 0.15) is 41.9 Å². The summed E-state index contributed by atoms with van der Waals surface area (Å²) in [6, 6.07) is 0. The van der Waals surface area contributed by atoms with E-state index in [4.69, 9.17) is 9.97 Å². The zero-order valence-corrected chi connectivity index (χ0v) is 16.2. The third-order valence-corrected chi connectivity index (χ3v) is 6.60. The van der Waals surface area contributed by atoms with Crippen LogP contribution in [0.3, 0.4) is 0 Å². The van der Waals surface area contributed by atoms with E-state index in [1.54, 1.807) is 4.90 Å². The highest BCUT2D eigenvalue weighted by atomic mass is 32.1. The van der Waals surface area contributed by atoms with Gasteiger partial charge in [0.25, 0.3) is 0 Å². The van der Waals surface area contributed by atoms with Crippen molar-refractivity contribution in [3.05, 3.63) is 16.3 Å². The summed E-state index contributed by atoms with van der Waals surface area (Å²) in [6.45, 7) is 3.73. The highest BCUT2D eigenvalue weighted by molar-refractivity contribution is 7.19. The van der Waals surface area contributed by atoms with Crippen molar-refractivity contribution < 1.29 is 4.79 Å². The highest BCUT2D eigenvalue weighted by Crippen LogP contribution is 2.40. The second kappa shape index (κ2) is 6.56. The Bertz CT molecular complexity index is 813. The average Bonchev–Trinajstić information content (AvgIpc) is 2.98. The van der Waals surface area contributed by atoms with Crippen LogP contribution in [0.25, 0.3) is 10.2 Å². The summed E-state index contributed by atoms with van der Waals surface area (Å²) in [5.41, 5.74) is 1.47. The summed E-state index contributed by atoms with van der Waals surface area (Å²) in [6.07, 6.45) is 6.88. The van der Waals surface area contributed by atoms with Gasteiger partial charge in [0.05, 0.1) is 11.3 Å². The highest BCUT2D eigenvalue weighted by Gasteiger charge is 2.30. The molecular weight excluding hydrogens is 332 g/mol. The van der Waals surface area contributed by atoms with E-state index in [0.29, 0.717) is 0 Å². The fourth-order valence-corrected chi connectivity index (χ4v) is 5.51. The normalized spacial score (nSPS) is 20.6. The Labute approximate surface area is 153 Å². The van der Waals surface area contributed by atoms with E-state index in [1.807, 2.05) is 32.4 Å². The molecule has 0 N–H and O–H groups in total. The second-order valence-corrected chi connectivity index (χ2v) is 8.59. The minimum absolute atomic E-state index is 0.0727. The summed E-state index contributed by atoms with van der Waals surface area (Å²) >= 11 is 1.85. The molecule has 25 heavy (non-hydrogen) atoms. The first-order valence-corrected chi connectivity index (χ1v) is 10.1. The lowest BCUT2D eigenvalue weighted by atomic mass is 9.94. The number of carbonyl (C=O) groups excluding carboxylic acids is 1. The zero-order chi connectivity index (χ0) is 17.6. The molecule has 3 heterocycles. The first-order valence-electron chi connectivity index (χ1n) is 9.29. The van der Waals surface area contributed by atoms with Crippen molar-refractivity contribution in [3.63, 3.8) is 0 Å². The van der Waals surface area contributed by atoms with Crippen molar-refractivity contribution in [3.8, 4) is 0 Å². The van der Waals surface area contributed by atoms with Gasteiger partial charge >= 0.3 is 0 Å². The molecule has 0 spiro atoms. The number of hydrogen-bond acceptors (Lipinski definition) is 5. The number of thiophene rings is 1. The molecule has 1 unspecified atom stereocenters. The number of amides is 1. The van der Waals surface area contributed by atoms with Gasteiger partial charge in [0.2, 0.25) is 5.91 Å². The molecule has 0 radical (unpaired) electrons. The van der Waals surface area contributed by atoms with Gasteiger partial charge < -0.3 is 9.80 Å². The number of fused-ring (bicyclic) bond motifs is 3. The van der Waals surface area contributed by atoms with E-state index >= 15 is 0 Å². The van der Waals surface area contributed by atoms with Crippen LogP contribution >= 0.6 is 11.3 Å². The van der Waals surface area contributed by atoms with Crippen LogP contribution in [0.2, 0.25) is 0 Å². The van der Waals surface area contributed by atoms with Gasteiger partial charge in [-0.15, -0.1) is 11.3 Å². The molecule has 1 saturated heterocycles. The maximum absolute atomic E-state index is 12.5. The number of piperidine rings is 1. The third-order valence-electron chi connectivity index (χ3n) is 5.42. The topological polar surface area (TPSA) is 49.3 Å². The maximum Gasteiger partial charge on any atom is 0.226 e. The van der Waals surface area contributed by atoms with Crippen LogP contribution in [0.15, 0.2) is 0 Å². The first-order chi connectivity index (χ1) is 12.0. The lowest BCUT2D eigenvalue weighted by molar-refractivity contribution is -0.133. The third kappa shape index (κ3) is 3.01. The number of aromatic nitrogens is 2. The molecule has 2 aromatic rings. The SMILES string of the molecule is Cc1nc(N2CCCC(C(=O)N(C)C)C2)c2c3c(sc2n1)CCCC3. The van der Waals surface area contributed by atoms with Crippen molar-refractivity contribution >= 4 is 33.3 Å². The van der Waals surface area contributed by atoms with Gasteiger partial charge in [-0.05, 0) is 51.0 Å². The monoisotopic (exact) mass is 358 g/mol. The van der Waals surface area contributed by atoms with E-state index in [9.17, 15) is 4.79 Å². The van der Waals surface area contributed by atoms with Crippen LogP contribution in [0, 0.1) is 12.8 Å². The predicted octanol–water partition coefficient (Wildman–Crippen LogP) is 3.18. The number of aryl methyl sites for hydroxylation is 3. The Kier molecular flexibility index (Phi) is 4.40. The van der Waals surface area contributed by atoms with Crippen LogP contribution in [-0.4, -0.2) is 48.0 Å². The van der Waals surface area contributed by atoms with Crippen molar-refractivity contribution in [2.75, 3.05) is 32.1 Å². The molecule has 6 heteroatoms. The zero-order valence-electron chi connectivity index (χ0n) is 15.3. The summed E-state index contributed by atoms with van der Waals surface area (Å²) < 4.78 is 0. The smallest absolute Gasteiger partial charge is 0.226 e. The van der Waals surface area contributed by atoms with Gasteiger partial charge in [-0.3, -0.25) is 4.79 Å². The molecule has 2 aromatic heterocycles. The van der Waals surface area contributed by atoms with Crippen LogP contribution in [0.4, 0.5) is 5.82 Å². The van der Waals surface area contributed by atoms with E-state index in [0.717, 1.165) is 48.8 Å². The van der Waals surface area contributed by atoms with Crippen molar-refractivity contribution in [1.82, 2.24) is 14.9 Å². The molecule has 1 aliphatic carbocycles. The molecule has 0 saturated carbocycles. The summed E-state index contributed by atoms with van der Waals surface area (Å²) in [5, 5.41) is 1.27.